The molecular formula is C10H10N4O2. The molecule has 0 saturated heterocycles. The highest BCUT2D eigenvalue weighted by atomic mass is 16.3. The van der Waals surface area contributed by atoms with Crippen LogP contribution in [0.25, 0.3) is 0 Å². The largest absolute Gasteiger partial charge is 0.508 e. The molecule has 2 N–H and O–H groups in total. The van der Waals surface area contributed by atoms with Crippen molar-refractivity contribution >= 4 is 11.6 Å². The van der Waals surface area contributed by atoms with E-state index in [2.05, 4.69) is 15.4 Å². The molecule has 0 fully saturated rings. The van der Waals surface area contributed by atoms with Gasteiger partial charge in [-0.25, -0.2) is 0 Å². The number of rotatable bonds is 2. The second-order valence-corrected chi connectivity index (χ2v) is 3.24. The van der Waals surface area contributed by atoms with Gasteiger partial charge >= 0.3 is 0 Å². The predicted octanol–water partition coefficient (Wildman–Crippen LogP) is 0.787. The van der Waals surface area contributed by atoms with Crippen LogP contribution in [0.1, 0.15) is 10.5 Å². The van der Waals surface area contributed by atoms with Crippen molar-refractivity contribution in [1.82, 2.24) is 15.4 Å². The zero-order valence-electron chi connectivity index (χ0n) is 8.58. The van der Waals surface area contributed by atoms with Crippen molar-refractivity contribution in [3.05, 3.63) is 36.2 Å². The topological polar surface area (TPSA) is 82.1 Å². The lowest BCUT2D eigenvalue weighted by Gasteiger charge is -2.15. The highest BCUT2D eigenvalue weighted by molar-refractivity contribution is 6.04. The maximum Gasteiger partial charge on any atom is 0.280 e. The van der Waals surface area contributed by atoms with E-state index in [0.29, 0.717) is 5.69 Å². The van der Waals surface area contributed by atoms with Crippen LogP contribution in [0.2, 0.25) is 0 Å². The van der Waals surface area contributed by atoms with Gasteiger partial charge in [0.2, 0.25) is 0 Å². The molecule has 0 radical (unpaired) electrons. The number of amides is 1. The SMILES string of the molecule is CN(C(=O)c1cn[nH]n1)c1ccc(O)cc1. The third-order valence-electron chi connectivity index (χ3n) is 2.18. The van der Waals surface area contributed by atoms with E-state index in [0.717, 1.165) is 0 Å². The molecule has 0 bridgehead atoms. The minimum atomic E-state index is -0.264. The number of hydrogen-bond donors (Lipinski definition) is 2. The van der Waals surface area contributed by atoms with Gasteiger partial charge in [0.1, 0.15) is 5.75 Å². The summed E-state index contributed by atoms with van der Waals surface area (Å²) < 4.78 is 0. The maximum atomic E-state index is 11.8. The summed E-state index contributed by atoms with van der Waals surface area (Å²) in [5.74, 6) is -0.106. The van der Waals surface area contributed by atoms with Crippen molar-refractivity contribution < 1.29 is 9.90 Å². The van der Waals surface area contributed by atoms with Crippen LogP contribution < -0.4 is 4.90 Å². The van der Waals surface area contributed by atoms with Gasteiger partial charge in [-0.05, 0) is 24.3 Å². The first-order valence-electron chi connectivity index (χ1n) is 4.61. The molecule has 1 aromatic carbocycles. The molecule has 0 aliphatic carbocycles. The first-order valence-corrected chi connectivity index (χ1v) is 4.61. The minimum absolute atomic E-state index is 0.158. The molecule has 2 aromatic rings. The molecule has 0 aliphatic rings. The molecule has 82 valence electrons. The fourth-order valence-corrected chi connectivity index (χ4v) is 1.27. The number of phenols is 1. The van der Waals surface area contributed by atoms with Crippen molar-refractivity contribution in [1.29, 1.82) is 0 Å². The third-order valence-corrected chi connectivity index (χ3v) is 2.18. The number of nitrogens with zero attached hydrogens (tertiary/aromatic N) is 3. The van der Waals surface area contributed by atoms with E-state index in [1.165, 1.54) is 23.2 Å². The number of anilines is 1. The lowest BCUT2D eigenvalue weighted by molar-refractivity contribution is 0.0988. The van der Waals surface area contributed by atoms with Crippen LogP contribution in [0.5, 0.6) is 5.75 Å². The van der Waals surface area contributed by atoms with Crippen LogP contribution in [0.15, 0.2) is 30.5 Å². The van der Waals surface area contributed by atoms with Crippen LogP contribution in [0, 0.1) is 0 Å². The van der Waals surface area contributed by atoms with Crippen LogP contribution in [-0.2, 0) is 0 Å². The van der Waals surface area contributed by atoms with Crippen molar-refractivity contribution in [3.8, 4) is 5.75 Å². The van der Waals surface area contributed by atoms with Gasteiger partial charge in [0.25, 0.3) is 5.91 Å². The second-order valence-electron chi connectivity index (χ2n) is 3.24. The summed E-state index contributed by atoms with van der Waals surface area (Å²) in [6, 6.07) is 6.32. The molecule has 16 heavy (non-hydrogen) atoms. The molecule has 1 heterocycles. The van der Waals surface area contributed by atoms with E-state index < -0.39 is 0 Å². The van der Waals surface area contributed by atoms with Crippen LogP contribution >= 0.6 is 0 Å². The van der Waals surface area contributed by atoms with Gasteiger partial charge in [0, 0.05) is 12.7 Å². The molecular weight excluding hydrogens is 208 g/mol. The first-order chi connectivity index (χ1) is 7.68. The number of aromatic hydroxyl groups is 1. The Morgan fingerprint density at radius 3 is 2.62 bits per heavy atom. The molecule has 6 heteroatoms. The summed E-state index contributed by atoms with van der Waals surface area (Å²) in [6.45, 7) is 0. The Morgan fingerprint density at radius 2 is 2.06 bits per heavy atom. The molecule has 0 atom stereocenters. The van der Waals surface area contributed by atoms with Gasteiger partial charge in [-0.15, -0.1) is 0 Å². The second kappa shape index (κ2) is 4.01. The summed E-state index contributed by atoms with van der Waals surface area (Å²) in [5.41, 5.74) is 0.918. The fraction of sp³-hybridized carbons (Fsp3) is 0.100. The zero-order valence-corrected chi connectivity index (χ0v) is 8.58. The Labute approximate surface area is 91.5 Å². The predicted molar refractivity (Wildman–Crippen MR) is 57.2 cm³/mol. The van der Waals surface area contributed by atoms with Crippen molar-refractivity contribution in [3.63, 3.8) is 0 Å². The average molecular weight is 218 g/mol. The lowest BCUT2D eigenvalue weighted by Crippen LogP contribution is -2.26. The van der Waals surface area contributed by atoms with E-state index >= 15 is 0 Å². The van der Waals surface area contributed by atoms with E-state index in [4.69, 9.17) is 5.11 Å². The number of H-pyrrole nitrogens is 1. The highest BCUT2D eigenvalue weighted by Gasteiger charge is 2.15. The molecule has 0 aliphatic heterocycles. The number of phenolic OH excluding ortho intramolecular Hbond substituents is 1. The highest BCUT2D eigenvalue weighted by Crippen LogP contribution is 2.18. The van der Waals surface area contributed by atoms with E-state index in [-0.39, 0.29) is 17.4 Å². The summed E-state index contributed by atoms with van der Waals surface area (Å²) >= 11 is 0. The standard InChI is InChI=1S/C10H10N4O2/c1-14(7-2-4-8(15)5-3-7)10(16)9-6-11-13-12-9/h2-6,15H,1H3,(H,11,12,13). The molecule has 1 aromatic heterocycles. The Morgan fingerprint density at radius 1 is 1.38 bits per heavy atom. The number of aromatic nitrogens is 3. The number of benzene rings is 1. The monoisotopic (exact) mass is 218 g/mol. The van der Waals surface area contributed by atoms with Gasteiger partial charge in [-0.3, -0.25) is 4.79 Å². The van der Waals surface area contributed by atoms with Gasteiger partial charge in [0.15, 0.2) is 5.69 Å². The molecule has 0 saturated carbocycles. The van der Waals surface area contributed by atoms with E-state index in [9.17, 15) is 4.79 Å². The van der Waals surface area contributed by atoms with Crippen LogP contribution in [0.4, 0.5) is 5.69 Å². The van der Waals surface area contributed by atoms with E-state index in [1.807, 2.05) is 0 Å². The Kier molecular flexibility index (Phi) is 2.55. The summed E-state index contributed by atoms with van der Waals surface area (Å²) in [7, 11) is 1.63. The quantitative estimate of drug-likeness (QED) is 0.780. The van der Waals surface area contributed by atoms with Crippen molar-refractivity contribution in [2.45, 2.75) is 0 Å². The number of hydrogen-bond acceptors (Lipinski definition) is 4. The minimum Gasteiger partial charge on any atom is -0.508 e. The smallest absolute Gasteiger partial charge is 0.280 e. The normalized spacial score (nSPS) is 10.1. The van der Waals surface area contributed by atoms with Crippen LogP contribution in [-0.4, -0.2) is 33.5 Å². The average Bonchev–Trinajstić information content (AvgIpc) is 2.81. The molecule has 0 unspecified atom stereocenters. The molecule has 1 amide bonds. The summed E-state index contributed by atoms with van der Waals surface area (Å²) in [6.07, 6.45) is 1.36. The number of carbonyl (C=O) groups excluding carboxylic acids is 1. The van der Waals surface area contributed by atoms with Gasteiger partial charge in [-0.2, -0.15) is 15.4 Å². The Balaban J connectivity index is 2.22. The van der Waals surface area contributed by atoms with Gasteiger partial charge in [0.05, 0.1) is 6.20 Å². The van der Waals surface area contributed by atoms with E-state index in [1.54, 1.807) is 19.2 Å². The van der Waals surface area contributed by atoms with Gasteiger partial charge in [-0.1, -0.05) is 0 Å². The molecule has 2 rings (SSSR count). The number of aromatic amines is 1. The summed E-state index contributed by atoms with van der Waals surface area (Å²) in [4.78, 5) is 13.3. The maximum absolute atomic E-state index is 11.8. The van der Waals surface area contributed by atoms with Crippen molar-refractivity contribution in [2.24, 2.45) is 0 Å². The summed E-state index contributed by atoms with van der Waals surface area (Å²) in [5, 5.41) is 18.8. The third kappa shape index (κ3) is 1.85. The Bertz CT molecular complexity index is 478. The Hall–Kier alpha value is -2.37. The molecule has 6 nitrogen and oxygen atoms in total. The van der Waals surface area contributed by atoms with Gasteiger partial charge < -0.3 is 10.0 Å². The van der Waals surface area contributed by atoms with Crippen LogP contribution in [0.3, 0.4) is 0 Å². The molecule has 0 spiro atoms. The zero-order chi connectivity index (χ0) is 11.5. The number of carbonyl (C=O) groups is 1. The fourth-order valence-electron chi connectivity index (χ4n) is 1.27. The number of nitrogens with one attached hydrogen (secondary N) is 1. The lowest BCUT2D eigenvalue weighted by atomic mass is 10.2. The first kappa shape index (κ1) is 10.2. The van der Waals surface area contributed by atoms with Crippen molar-refractivity contribution in [2.75, 3.05) is 11.9 Å².